The van der Waals surface area contributed by atoms with Crippen LogP contribution in [0.15, 0.2) is 18.2 Å². The first-order chi connectivity index (χ1) is 7.47. The van der Waals surface area contributed by atoms with Gasteiger partial charge in [0.1, 0.15) is 0 Å². The summed E-state index contributed by atoms with van der Waals surface area (Å²) in [4.78, 5) is 0. The Morgan fingerprint density at radius 3 is 2.12 bits per heavy atom. The highest BCUT2D eigenvalue weighted by atomic mass is 14.6. The molecule has 0 aliphatic heterocycles. The van der Waals surface area contributed by atoms with Crippen LogP contribution in [0.3, 0.4) is 0 Å². The lowest BCUT2D eigenvalue weighted by Gasteiger charge is -2.14. The summed E-state index contributed by atoms with van der Waals surface area (Å²) in [7, 11) is 0. The zero-order chi connectivity index (χ0) is 12.1. The summed E-state index contributed by atoms with van der Waals surface area (Å²) < 4.78 is 0. The second kappa shape index (κ2) is 6.05. The van der Waals surface area contributed by atoms with Crippen LogP contribution in [0, 0.1) is 19.8 Å². The molecule has 1 aromatic carbocycles. The summed E-state index contributed by atoms with van der Waals surface area (Å²) in [6.07, 6.45) is 3.34. The van der Waals surface area contributed by atoms with Crippen molar-refractivity contribution in [2.24, 2.45) is 11.7 Å². The molecule has 0 aromatic heterocycles. The van der Waals surface area contributed by atoms with Gasteiger partial charge in [-0.1, -0.05) is 43.2 Å². The van der Waals surface area contributed by atoms with E-state index in [1.807, 2.05) is 0 Å². The molecule has 0 saturated heterocycles. The lowest BCUT2D eigenvalue weighted by Crippen LogP contribution is -2.22. The van der Waals surface area contributed by atoms with Crippen LogP contribution in [0.4, 0.5) is 0 Å². The molecule has 1 unspecified atom stereocenters. The summed E-state index contributed by atoms with van der Waals surface area (Å²) in [6, 6.07) is 7.11. The van der Waals surface area contributed by atoms with E-state index in [-0.39, 0.29) is 0 Å². The summed E-state index contributed by atoms with van der Waals surface area (Å²) in [5, 5.41) is 0. The Balaban J connectivity index is 2.48. The van der Waals surface area contributed by atoms with Gasteiger partial charge in [-0.3, -0.25) is 0 Å². The van der Waals surface area contributed by atoms with Gasteiger partial charge in [-0.2, -0.15) is 0 Å². The van der Waals surface area contributed by atoms with Crippen molar-refractivity contribution < 1.29 is 0 Å². The first kappa shape index (κ1) is 13.2. The Hall–Kier alpha value is -0.820. The third-order valence-electron chi connectivity index (χ3n) is 2.86. The molecule has 0 aliphatic rings. The molecule has 0 saturated carbocycles. The van der Waals surface area contributed by atoms with Crippen LogP contribution in [0.25, 0.3) is 0 Å². The molecule has 90 valence electrons. The third kappa shape index (κ3) is 4.80. The van der Waals surface area contributed by atoms with Crippen LogP contribution in [-0.2, 0) is 6.42 Å². The summed E-state index contributed by atoms with van der Waals surface area (Å²) >= 11 is 0. The Bertz CT molecular complexity index is 308. The van der Waals surface area contributed by atoms with Gasteiger partial charge in [-0.25, -0.2) is 0 Å². The maximum Gasteiger partial charge on any atom is 0.00444 e. The van der Waals surface area contributed by atoms with Gasteiger partial charge in [-0.15, -0.1) is 0 Å². The molecule has 16 heavy (non-hydrogen) atoms. The van der Waals surface area contributed by atoms with Gasteiger partial charge >= 0.3 is 0 Å². The second-order valence-electron chi connectivity index (χ2n) is 5.42. The molecule has 1 atom stereocenters. The average molecular weight is 219 g/mol. The highest BCUT2D eigenvalue weighted by Gasteiger charge is 2.06. The number of hydrogen-bond acceptors (Lipinski definition) is 1. The Morgan fingerprint density at radius 2 is 1.62 bits per heavy atom. The van der Waals surface area contributed by atoms with Crippen molar-refractivity contribution in [1.82, 2.24) is 0 Å². The highest BCUT2D eigenvalue weighted by molar-refractivity contribution is 5.28. The molecular weight excluding hydrogens is 194 g/mol. The summed E-state index contributed by atoms with van der Waals surface area (Å²) in [5.74, 6) is 0.703. The monoisotopic (exact) mass is 219 g/mol. The molecule has 0 radical (unpaired) electrons. The fourth-order valence-electron chi connectivity index (χ4n) is 2.29. The van der Waals surface area contributed by atoms with Crippen LogP contribution >= 0.6 is 0 Å². The smallest absolute Gasteiger partial charge is 0.00444 e. The molecule has 1 rings (SSSR count). The normalized spacial score (nSPS) is 13.1. The number of rotatable bonds is 5. The first-order valence-electron chi connectivity index (χ1n) is 6.30. The fraction of sp³-hybridized carbons (Fsp3) is 0.600. The number of hydrogen-bond donors (Lipinski definition) is 1. The first-order valence-corrected chi connectivity index (χ1v) is 6.30. The molecule has 1 heteroatoms. The molecule has 1 nitrogen and oxygen atoms in total. The van der Waals surface area contributed by atoms with Gasteiger partial charge in [0.25, 0.3) is 0 Å². The van der Waals surface area contributed by atoms with E-state index in [1.54, 1.807) is 0 Å². The minimum Gasteiger partial charge on any atom is -0.328 e. The van der Waals surface area contributed by atoms with Gasteiger partial charge in [-0.05, 0) is 44.6 Å². The van der Waals surface area contributed by atoms with E-state index in [9.17, 15) is 0 Å². The summed E-state index contributed by atoms with van der Waals surface area (Å²) in [5.41, 5.74) is 10.2. The van der Waals surface area contributed by atoms with Crippen molar-refractivity contribution in [2.75, 3.05) is 0 Å². The standard InChI is InChI=1S/C15H25N/c1-11(2)7-15(16)6-5-14-9-12(3)8-13(4)10-14/h8-11,15H,5-7,16H2,1-4H3. The van der Waals surface area contributed by atoms with Crippen LogP contribution in [0.2, 0.25) is 0 Å². The van der Waals surface area contributed by atoms with Gasteiger partial charge in [0.2, 0.25) is 0 Å². The maximum atomic E-state index is 6.10. The molecule has 0 heterocycles. The van der Waals surface area contributed by atoms with Crippen molar-refractivity contribution in [3.63, 3.8) is 0 Å². The van der Waals surface area contributed by atoms with Crippen molar-refractivity contribution in [1.29, 1.82) is 0 Å². The minimum absolute atomic E-state index is 0.348. The van der Waals surface area contributed by atoms with Crippen molar-refractivity contribution in [3.05, 3.63) is 34.9 Å². The molecule has 0 amide bonds. The van der Waals surface area contributed by atoms with E-state index in [4.69, 9.17) is 5.73 Å². The molecule has 0 spiro atoms. The zero-order valence-corrected chi connectivity index (χ0v) is 11.1. The molecule has 0 bridgehead atoms. The van der Waals surface area contributed by atoms with E-state index < -0.39 is 0 Å². The van der Waals surface area contributed by atoms with E-state index in [0.29, 0.717) is 12.0 Å². The van der Waals surface area contributed by atoms with Gasteiger partial charge in [0.05, 0.1) is 0 Å². The van der Waals surface area contributed by atoms with Gasteiger partial charge < -0.3 is 5.73 Å². The SMILES string of the molecule is Cc1cc(C)cc(CCC(N)CC(C)C)c1. The average Bonchev–Trinajstić information content (AvgIpc) is 2.12. The van der Waals surface area contributed by atoms with Crippen LogP contribution in [-0.4, -0.2) is 6.04 Å². The summed E-state index contributed by atoms with van der Waals surface area (Å²) in [6.45, 7) is 8.78. The maximum absolute atomic E-state index is 6.10. The lowest BCUT2D eigenvalue weighted by atomic mass is 9.97. The Labute approximate surface area is 100 Å². The largest absolute Gasteiger partial charge is 0.328 e. The van der Waals surface area contributed by atoms with Crippen molar-refractivity contribution in [3.8, 4) is 0 Å². The second-order valence-corrected chi connectivity index (χ2v) is 5.42. The number of nitrogens with two attached hydrogens (primary N) is 1. The van der Waals surface area contributed by atoms with Crippen molar-refractivity contribution in [2.45, 2.75) is 53.0 Å². The molecule has 0 aliphatic carbocycles. The van der Waals surface area contributed by atoms with E-state index >= 15 is 0 Å². The van der Waals surface area contributed by atoms with Gasteiger partial charge in [0, 0.05) is 6.04 Å². The Kier molecular flexibility index (Phi) is 5.01. The molecule has 1 aromatic rings. The predicted octanol–water partition coefficient (Wildman–Crippen LogP) is 3.61. The fourth-order valence-corrected chi connectivity index (χ4v) is 2.29. The van der Waals surface area contributed by atoms with E-state index in [1.165, 1.54) is 16.7 Å². The molecule has 0 fully saturated rings. The predicted molar refractivity (Wildman–Crippen MR) is 71.7 cm³/mol. The van der Waals surface area contributed by atoms with Crippen LogP contribution in [0.1, 0.15) is 43.4 Å². The number of benzene rings is 1. The van der Waals surface area contributed by atoms with E-state index in [0.717, 1.165) is 19.3 Å². The van der Waals surface area contributed by atoms with E-state index in [2.05, 4.69) is 45.9 Å². The molecular formula is C15H25N. The van der Waals surface area contributed by atoms with Gasteiger partial charge in [0.15, 0.2) is 0 Å². The quantitative estimate of drug-likeness (QED) is 0.804. The van der Waals surface area contributed by atoms with Crippen LogP contribution in [0.5, 0.6) is 0 Å². The highest BCUT2D eigenvalue weighted by Crippen LogP contribution is 2.13. The third-order valence-corrected chi connectivity index (χ3v) is 2.86. The lowest BCUT2D eigenvalue weighted by molar-refractivity contribution is 0.473. The Morgan fingerprint density at radius 1 is 1.06 bits per heavy atom. The van der Waals surface area contributed by atoms with Crippen LogP contribution < -0.4 is 5.73 Å². The zero-order valence-electron chi connectivity index (χ0n) is 11.1. The molecule has 2 N–H and O–H groups in total. The number of aryl methyl sites for hydroxylation is 3. The minimum atomic E-state index is 0.348. The topological polar surface area (TPSA) is 26.0 Å². The van der Waals surface area contributed by atoms with Crippen molar-refractivity contribution >= 4 is 0 Å².